The minimum atomic E-state index is -0.110. The first-order chi connectivity index (χ1) is 12.2. The number of amides is 2. The predicted octanol–water partition coefficient (Wildman–Crippen LogP) is 2.28. The Hall–Kier alpha value is -2.57. The molecule has 0 aliphatic carbocycles. The van der Waals surface area contributed by atoms with Gasteiger partial charge in [-0.15, -0.1) is 0 Å². The van der Waals surface area contributed by atoms with E-state index in [1.165, 1.54) is 5.69 Å². The molecule has 1 saturated heterocycles. The maximum Gasteiger partial charge on any atom is 0.315 e. The van der Waals surface area contributed by atoms with E-state index in [2.05, 4.69) is 37.8 Å². The van der Waals surface area contributed by atoms with Gasteiger partial charge in [-0.05, 0) is 38.3 Å². The van der Waals surface area contributed by atoms with Gasteiger partial charge in [0.15, 0.2) is 5.82 Å². The minimum absolute atomic E-state index is 0.110. The second-order valence-corrected chi connectivity index (χ2v) is 6.36. The van der Waals surface area contributed by atoms with Crippen LogP contribution in [0.25, 0.3) is 0 Å². The molecular weight excluding hydrogens is 318 g/mol. The van der Waals surface area contributed by atoms with E-state index in [0.717, 1.165) is 32.4 Å². The smallest absolute Gasteiger partial charge is 0.315 e. The molecule has 0 saturated carbocycles. The summed E-state index contributed by atoms with van der Waals surface area (Å²) in [6.45, 7) is 4.26. The second kappa shape index (κ2) is 8.50. The third-order valence-electron chi connectivity index (χ3n) is 4.30. The molecule has 1 aliphatic heterocycles. The molecule has 1 fully saturated rings. The third kappa shape index (κ3) is 5.20. The maximum atomic E-state index is 12.1. The first-order valence-corrected chi connectivity index (χ1v) is 8.84. The summed E-state index contributed by atoms with van der Waals surface area (Å²) in [6.07, 6.45) is 3.54. The Morgan fingerprint density at radius 2 is 2.20 bits per heavy atom. The van der Waals surface area contributed by atoms with Crippen LogP contribution in [0.15, 0.2) is 34.9 Å². The first kappa shape index (κ1) is 17.3. The summed E-state index contributed by atoms with van der Waals surface area (Å²) in [5, 5.41) is 9.73. The van der Waals surface area contributed by atoms with E-state index in [1.807, 2.05) is 18.2 Å². The minimum Gasteiger partial charge on any atom is -0.369 e. The van der Waals surface area contributed by atoms with E-state index in [-0.39, 0.29) is 12.1 Å². The van der Waals surface area contributed by atoms with Crippen LogP contribution in [-0.2, 0) is 6.42 Å². The van der Waals surface area contributed by atoms with Crippen LogP contribution < -0.4 is 15.5 Å². The Morgan fingerprint density at radius 1 is 1.36 bits per heavy atom. The maximum absolute atomic E-state index is 12.1. The number of benzene rings is 1. The highest BCUT2D eigenvalue weighted by atomic mass is 16.5. The van der Waals surface area contributed by atoms with E-state index < -0.39 is 0 Å². The van der Waals surface area contributed by atoms with Gasteiger partial charge in [0, 0.05) is 37.8 Å². The van der Waals surface area contributed by atoms with Gasteiger partial charge < -0.3 is 20.1 Å². The van der Waals surface area contributed by atoms with Crippen molar-refractivity contribution >= 4 is 11.7 Å². The molecule has 134 valence electrons. The number of aromatic nitrogens is 2. The Morgan fingerprint density at radius 3 is 2.96 bits per heavy atom. The molecule has 7 nitrogen and oxygen atoms in total. The molecule has 2 heterocycles. The van der Waals surface area contributed by atoms with Gasteiger partial charge in [0.25, 0.3) is 0 Å². The summed E-state index contributed by atoms with van der Waals surface area (Å²) in [5.41, 5.74) is 1.21. The van der Waals surface area contributed by atoms with Gasteiger partial charge in [0.1, 0.15) is 0 Å². The van der Waals surface area contributed by atoms with Crippen molar-refractivity contribution in [1.82, 2.24) is 20.8 Å². The fourth-order valence-corrected chi connectivity index (χ4v) is 3.09. The number of nitrogens with one attached hydrogen (secondary N) is 2. The van der Waals surface area contributed by atoms with Crippen LogP contribution in [0.2, 0.25) is 0 Å². The summed E-state index contributed by atoms with van der Waals surface area (Å²) in [4.78, 5) is 18.5. The lowest BCUT2D eigenvalue weighted by Crippen LogP contribution is -2.50. The number of aryl methyl sites for hydroxylation is 2. The fraction of sp³-hybridized carbons (Fsp3) is 0.500. The van der Waals surface area contributed by atoms with Crippen molar-refractivity contribution < 1.29 is 9.32 Å². The molecule has 1 aliphatic rings. The largest absolute Gasteiger partial charge is 0.369 e. The number of carbonyl (C=O) groups excluding carboxylic acids is 1. The highest BCUT2D eigenvalue weighted by molar-refractivity contribution is 5.74. The number of carbonyl (C=O) groups is 1. The Balaban J connectivity index is 1.37. The number of rotatable bonds is 6. The van der Waals surface area contributed by atoms with Crippen LogP contribution in [0.1, 0.15) is 31.0 Å². The number of urea groups is 1. The molecule has 1 aromatic heterocycles. The summed E-state index contributed by atoms with van der Waals surface area (Å²) in [5.74, 6) is 1.26. The van der Waals surface area contributed by atoms with E-state index in [9.17, 15) is 4.79 Å². The van der Waals surface area contributed by atoms with Gasteiger partial charge in [-0.1, -0.05) is 23.4 Å². The molecule has 7 heteroatoms. The molecule has 1 aromatic carbocycles. The zero-order valence-corrected chi connectivity index (χ0v) is 14.6. The van der Waals surface area contributed by atoms with Crippen LogP contribution in [0.3, 0.4) is 0 Å². The topological polar surface area (TPSA) is 83.3 Å². The van der Waals surface area contributed by atoms with Gasteiger partial charge in [-0.25, -0.2) is 4.79 Å². The predicted molar refractivity (Wildman–Crippen MR) is 95.6 cm³/mol. The summed E-state index contributed by atoms with van der Waals surface area (Å²) >= 11 is 0. The summed E-state index contributed by atoms with van der Waals surface area (Å²) < 4.78 is 5.05. The van der Waals surface area contributed by atoms with Crippen LogP contribution >= 0.6 is 0 Å². The fourth-order valence-electron chi connectivity index (χ4n) is 3.09. The average Bonchev–Trinajstić information content (AvgIpc) is 3.05. The van der Waals surface area contributed by atoms with E-state index >= 15 is 0 Å². The lowest BCUT2D eigenvalue weighted by atomic mass is 10.1. The molecular formula is C18H25N5O2. The zero-order valence-electron chi connectivity index (χ0n) is 14.6. The van der Waals surface area contributed by atoms with Gasteiger partial charge >= 0.3 is 6.03 Å². The van der Waals surface area contributed by atoms with Crippen LogP contribution in [0.5, 0.6) is 0 Å². The second-order valence-electron chi connectivity index (χ2n) is 6.36. The average molecular weight is 343 g/mol. The number of hydrogen-bond acceptors (Lipinski definition) is 5. The van der Waals surface area contributed by atoms with Crippen molar-refractivity contribution in [3.63, 3.8) is 0 Å². The molecule has 2 aromatic rings. The van der Waals surface area contributed by atoms with Gasteiger partial charge in [0.2, 0.25) is 5.89 Å². The van der Waals surface area contributed by atoms with Crippen molar-refractivity contribution in [2.45, 2.75) is 38.6 Å². The van der Waals surface area contributed by atoms with Crippen molar-refractivity contribution in [2.75, 3.05) is 24.5 Å². The van der Waals surface area contributed by atoms with Crippen molar-refractivity contribution in [3.8, 4) is 0 Å². The molecule has 0 spiro atoms. The zero-order chi connectivity index (χ0) is 17.5. The monoisotopic (exact) mass is 343 g/mol. The third-order valence-corrected chi connectivity index (χ3v) is 4.30. The number of nitrogens with zero attached hydrogens (tertiary/aromatic N) is 3. The van der Waals surface area contributed by atoms with Crippen LogP contribution in [-0.4, -0.2) is 41.8 Å². The number of piperidine rings is 1. The normalized spacial score (nSPS) is 17.3. The van der Waals surface area contributed by atoms with Crippen molar-refractivity contribution in [2.24, 2.45) is 0 Å². The molecule has 2 amide bonds. The standard InChI is InChI=1S/C18H25N5O2/c1-14-20-17(25-22-14)10-5-11-19-18(24)21-15-7-6-12-23(13-15)16-8-3-2-4-9-16/h2-4,8-9,15H,5-7,10-13H2,1H3,(H2,19,21,24)/t15-/m0/s1. The Kier molecular flexibility index (Phi) is 5.87. The molecule has 3 rings (SSSR count). The number of anilines is 1. The number of hydrogen-bond donors (Lipinski definition) is 2. The van der Waals surface area contributed by atoms with E-state index in [1.54, 1.807) is 6.92 Å². The highest BCUT2D eigenvalue weighted by Gasteiger charge is 2.21. The van der Waals surface area contributed by atoms with Gasteiger partial charge in [0.05, 0.1) is 0 Å². The Labute approximate surface area is 147 Å². The van der Waals surface area contributed by atoms with E-state index in [4.69, 9.17) is 4.52 Å². The lowest BCUT2D eigenvalue weighted by molar-refractivity contribution is 0.234. The van der Waals surface area contributed by atoms with Gasteiger partial charge in [-0.2, -0.15) is 4.98 Å². The molecule has 2 N–H and O–H groups in total. The molecule has 0 bridgehead atoms. The lowest BCUT2D eigenvalue weighted by Gasteiger charge is -2.34. The van der Waals surface area contributed by atoms with Crippen molar-refractivity contribution in [3.05, 3.63) is 42.0 Å². The van der Waals surface area contributed by atoms with Crippen LogP contribution in [0.4, 0.5) is 10.5 Å². The molecule has 25 heavy (non-hydrogen) atoms. The summed E-state index contributed by atoms with van der Waals surface area (Å²) in [7, 11) is 0. The highest BCUT2D eigenvalue weighted by Crippen LogP contribution is 2.19. The summed E-state index contributed by atoms with van der Waals surface area (Å²) in [6, 6.07) is 10.4. The van der Waals surface area contributed by atoms with Gasteiger partial charge in [-0.3, -0.25) is 0 Å². The first-order valence-electron chi connectivity index (χ1n) is 8.84. The van der Waals surface area contributed by atoms with E-state index in [0.29, 0.717) is 24.7 Å². The SMILES string of the molecule is Cc1noc(CCCNC(=O)N[C@H]2CCCN(c3ccccc3)C2)n1. The number of para-hydroxylation sites is 1. The molecule has 0 unspecified atom stereocenters. The molecule has 1 atom stereocenters. The quantitative estimate of drug-likeness (QED) is 0.786. The van der Waals surface area contributed by atoms with Crippen molar-refractivity contribution in [1.29, 1.82) is 0 Å². The van der Waals surface area contributed by atoms with Crippen LogP contribution in [0, 0.1) is 6.92 Å². The molecule has 0 radical (unpaired) electrons. The Bertz CT molecular complexity index is 673.